The van der Waals surface area contributed by atoms with Crippen LogP contribution in [0.2, 0.25) is 0 Å². The highest BCUT2D eigenvalue weighted by molar-refractivity contribution is 5.55. The van der Waals surface area contributed by atoms with Crippen LogP contribution in [0.25, 0.3) is 0 Å². The number of benzene rings is 1. The third kappa shape index (κ3) is 2.85. The molecule has 100 valence electrons. The third-order valence-electron chi connectivity index (χ3n) is 3.84. The van der Waals surface area contributed by atoms with Crippen molar-refractivity contribution in [3.8, 4) is 0 Å². The lowest BCUT2D eigenvalue weighted by molar-refractivity contribution is 0.297. The number of aliphatic hydroxyl groups excluding tert-OH is 1. The van der Waals surface area contributed by atoms with Gasteiger partial charge in [0.1, 0.15) is 0 Å². The van der Waals surface area contributed by atoms with Gasteiger partial charge in [-0.3, -0.25) is 0 Å². The number of hydrogen-bond acceptors (Lipinski definition) is 3. The molecule has 0 spiro atoms. The Balaban J connectivity index is 2.29. The predicted molar refractivity (Wildman–Crippen MR) is 75.7 cm³/mol. The topological polar surface area (TPSA) is 49.5 Å². The number of aliphatic hydroxyl groups is 1. The molecule has 0 aliphatic heterocycles. The molecule has 1 saturated carbocycles. The Hall–Kier alpha value is -1.06. The van der Waals surface area contributed by atoms with Gasteiger partial charge in [0.15, 0.2) is 0 Å². The second-order valence-electron chi connectivity index (χ2n) is 5.20. The minimum Gasteiger partial charge on any atom is -0.395 e. The number of rotatable bonds is 5. The van der Waals surface area contributed by atoms with Crippen molar-refractivity contribution < 1.29 is 5.11 Å². The average molecular weight is 248 g/mol. The van der Waals surface area contributed by atoms with Crippen molar-refractivity contribution in [2.45, 2.75) is 44.7 Å². The molecule has 3 nitrogen and oxygen atoms in total. The van der Waals surface area contributed by atoms with E-state index in [2.05, 4.69) is 23.1 Å². The van der Waals surface area contributed by atoms with Crippen molar-refractivity contribution in [2.24, 2.45) is 5.73 Å². The largest absolute Gasteiger partial charge is 0.395 e. The highest BCUT2D eigenvalue weighted by atomic mass is 16.3. The SMILES string of the molecule is C[C@H](N)c1ccccc1N(CCO)C1CCCC1. The van der Waals surface area contributed by atoms with Crippen LogP contribution in [0.4, 0.5) is 5.69 Å². The molecule has 0 bridgehead atoms. The Kier molecular flexibility index (Phi) is 4.61. The van der Waals surface area contributed by atoms with Gasteiger partial charge in [-0.25, -0.2) is 0 Å². The van der Waals surface area contributed by atoms with Crippen molar-refractivity contribution in [3.63, 3.8) is 0 Å². The third-order valence-corrected chi connectivity index (χ3v) is 3.84. The molecular weight excluding hydrogens is 224 g/mol. The first-order chi connectivity index (χ1) is 8.74. The van der Waals surface area contributed by atoms with E-state index in [9.17, 15) is 5.11 Å². The van der Waals surface area contributed by atoms with E-state index in [0.717, 1.165) is 0 Å². The monoisotopic (exact) mass is 248 g/mol. The Morgan fingerprint density at radius 3 is 2.61 bits per heavy atom. The average Bonchev–Trinajstić information content (AvgIpc) is 2.89. The molecule has 1 aliphatic rings. The normalized spacial score (nSPS) is 17.9. The van der Waals surface area contributed by atoms with Gasteiger partial charge in [-0.15, -0.1) is 0 Å². The van der Waals surface area contributed by atoms with E-state index in [1.807, 2.05) is 13.0 Å². The molecule has 1 fully saturated rings. The van der Waals surface area contributed by atoms with E-state index in [-0.39, 0.29) is 12.6 Å². The van der Waals surface area contributed by atoms with Crippen molar-refractivity contribution >= 4 is 5.69 Å². The minimum absolute atomic E-state index is 0.0313. The van der Waals surface area contributed by atoms with Crippen LogP contribution in [0.1, 0.15) is 44.2 Å². The minimum atomic E-state index is 0.0313. The van der Waals surface area contributed by atoms with Gasteiger partial charge < -0.3 is 15.7 Å². The van der Waals surface area contributed by atoms with Crippen molar-refractivity contribution in [3.05, 3.63) is 29.8 Å². The molecule has 1 aromatic rings. The quantitative estimate of drug-likeness (QED) is 0.841. The number of anilines is 1. The Morgan fingerprint density at radius 2 is 2.00 bits per heavy atom. The van der Waals surface area contributed by atoms with E-state index < -0.39 is 0 Å². The molecule has 0 unspecified atom stereocenters. The molecule has 3 heteroatoms. The van der Waals surface area contributed by atoms with Gasteiger partial charge in [-0.05, 0) is 31.4 Å². The summed E-state index contributed by atoms with van der Waals surface area (Å²) >= 11 is 0. The lowest BCUT2D eigenvalue weighted by Gasteiger charge is -2.33. The molecule has 1 atom stereocenters. The molecule has 0 aromatic heterocycles. The van der Waals surface area contributed by atoms with Crippen LogP contribution in [0, 0.1) is 0 Å². The van der Waals surface area contributed by atoms with E-state index in [1.54, 1.807) is 0 Å². The van der Waals surface area contributed by atoms with Crippen LogP contribution in [0.3, 0.4) is 0 Å². The molecule has 0 radical (unpaired) electrons. The standard InChI is InChI=1S/C15H24N2O/c1-12(16)14-8-4-5-9-15(14)17(10-11-18)13-6-2-3-7-13/h4-5,8-9,12-13,18H,2-3,6-7,10-11,16H2,1H3/t12-/m0/s1. The summed E-state index contributed by atoms with van der Waals surface area (Å²) in [5, 5.41) is 9.31. The van der Waals surface area contributed by atoms with Crippen LogP contribution in [0.5, 0.6) is 0 Å². The first kappa shape index (κ1) is 13.4. The van der Waals surface area contributed by atoms with Crippen LogP contribution in [-0.4, -0.2) is 24.3 Å². The van der Waals surface area contributed by atoms with Gasteiger partial charge in [-0.1, -0.05) is 31.0 Å². The highest BCUT2D eigenvalue weighted by Crippen LogP contribution is 2.32. The van der Waals surface area contributed by atoms with Crippen molar-refractivity contribution in [1.82, 2.24) is 0 Å². The molecule has 0 heterocycles. The first-order valence-corrected chi connectivity index (χ1v) is 6.96. The van der Waals surface area contributed by atoms with Crippen molar-refractivity contribution in [1.29, 1.82) is 0 Å². The van der Waals surface area contributed by atoms with E-state index in [1.165, 1.54) is 36.9 Å². The van der Waals surface area contributed by atoms with Gasteiger partial charge in [0.25, 0.3) is 0 Å². The summed E-state index contributed by atoms with van der Waals surface area (Å²) in [7, 11) is 0. The van der Waals surface area contributed by atoms with Gasteiger partial charge in [0.2, 0.25) is 0 Å². The zero-order valence-electron chi connectivity index (χ0n) is 11.2. The highest BCUT2D eigenvalue weighted by Gasteiger charge is 2.24. The Morgan fingerprint density at radius 1 is 1.33 bits per heavy atom. The summed E-state index contributed by atoms with van der Waals surface area (Å²) in [5.41, 5.74) is 8.44. The summed E-state index contributed by atoms with van der Waals surface area (Å²) in [4.78, 5) is 2.35. The first-order valence-electron chi connectivity index (χ1n) is 6.96. The second-order valence-corrected chi connectivity index (χ2v) is 5.20. The molecule has 1 aliphatic carbocycles. The van der Waals surface area contributed by atoms with Crippen molar-refractivity contribution in [2.75, 3.05) is 18.1 Å². The molecule has 3 N–H and O–H groups in total. The van der Waals surface area contributed by atoms with Crippen LogP contribution in [-0.2, 0) is 0 Å². The van der Waals surface area contributed by atoms with E-state index >= 15 is 0 Å². The van der Waals surface area contributed by atoms with Crippen LogP contribution >= 0.6 is 0 Å². The summed E-state index contributed by atoms with van der Waals surface area (Å²) in [6, 6.07) is 8.92. The van der Waals surface area contributed by atoms with Crippen LogP contribution < -0.4 is 10.6 Å². The van der Waals surface area contributed by atoms with E-state index in [4.69, 9.17) is 5.73 Å². The molecule has 1 aromatic carbocycles. The maximum Gasteiger partial charge on any atom is 0.0606 e. The second kappa shape index (κ2) is 6.21. The molecule has 18 heavy (non-hydrogen) atoms. The fourth-order valence-electron chi connectivity index (χ4n) is 2.96. The Labute approximate surface area is 110 Å². The fraction of sp³-hybridized carbons (Fsp3) is 0.600. The zero-order chi connectivity index (χ0) is 13.0. The zero-order valence-corrected chi connectivity index (χ0v) is 11.2. The predicted octanol–water partition coefficient (Wildman–Crippen LogP) is 2.45. The lowest BCUT2D eigenvalue weighted by atomic mass is 10.0. The maximum absolute atomic E-state index is 9.31. The summed E-state index contributed by atoms with van der Waals surface area (Å²) < 4.78 is 0. The summed E-state index contributed by atoms with van der Waals surface area (Å²) in [5.74, 6) is 0. The molecular formula is C15H24N2O. The lowest BCUT2D eigenvalue weighted by Crippen LogP contribution is -2.36. The van der Waals surface area contributed by atoms with Gasteiger partial charge >= 0.3 is 0 Å². The number of nitrogens with zero attached hydrogens (tertiary/aromatic N) is 1. The fourth-order valence-corrected chi connectivity index (χ4v) is 2.96. The van der Waals surface area contributed by atoms with Gasteiger partial charge in [0.05, 0.1) is 6.61 Å². The smallest absolute Gasteiger partial charge is 0.0606 e. The molecule has 2 rings (SSSR count). The maximum atomic E-state index is 9.31. The summed E-state index contributed by atoms with van der Waals surface area (Å²) in [6.07, 6.45) is 5.06. The molecule has 0 amide bonds. The molecule has 0 saturated heterocycles. The van der Waals surface area contributed by atoms with Crippen LogP contribution in [0.15, 0.2) is 24.3 Å². The van der Waals surface area contributed by atoms with E-state index in [0.29, 0.717) is 12.6 Å². The number of nitrogens with two attached hydrogens (primary N) is 1. The Bertz CT molecular complexity index is 373. The number of hydrogen-bond donors (Lipinski definition) is 2. The number of para-hydroxylation sites is 1. The van der Waals surface area contributed by atoms with Gasteiger partial charge in [-0.2, -0.15) is 0 Å². The summed E-state index contributed by atoms with van der Waals surface area (Å²) in [6.45, 7) is 2.92. The van der Waals surface area contributed by atoms with Gasteiger partial charge in [0, 0.05) is 24.3 Å².